The molecule has 168 valence electrons. The number of carbonyl (C=O) groups is 2. The first kappa shape index (κ1) is 22.3. The van der Waals surface area contributed by atoms with Crippen LogP contribution in [0.1, 0.15) is 31.3 Å². The molecule has 0 atom stereocenters. The number of benzene rings is 3. The fourth-order valence-corrected chi connectivity index (χ4v) is 5.08. The predicted molar refractivity (Wildman–Crippen MR) is 138 cm³/mol. The molecular formula is C26H17Cl2N3O2S. The number of rotatable bonds is 5. The smallest absolute Gasteiger partial charge is 0.265 e. The summed E-state index contributed by atoms with van der Waals surface area (Å²) in [6, 6.07) is 23.3. The topological polar surface area (TPSA) is 64.0 Å². The van der Waals surface area contributed by atoms with E-state index in [-0.39, 0.29) is 27.3 Å². The maximum absolute atomic E-state index is 13.2. The number of fused-ring (bicyclic) bond motifs is 1. The zero-order valence-corrected chi connectivity index (χ0v) is 20.2. The van der Waals surface area contributed by atoms with E-state index >= 15 is 0 Å². The lowest BCUT2D eigenvalue weighted by Gasteiger charge is -2.12. The molecular weight excluding hydrogens is 489 g/mol. The molecule has 0 unspecified atom stereocenters. The second-order valence-corrected chi connectivity index (χ2v) is 9.47. The van der Waals surface area contributed by atoms with Crippen LogP contribution in [0.2, 0.25) is 10.0 Å². The van der Waals surface area contributed by atoms with Crippen molar-refractivity contribution in [2.75, 3.05) is 5.32 Å². The van der Waals surface area contributed by atoms with Crippen LogP contribution in [0.25, 0.3) is 15.9 Å². The van der Waals surface area contributed by atoms with Gasteiger partial charge in [0.1, 0.15) is 4.83 Å². The zero-order chi connectivity index (χ0) is 23.8. The number of hydrogen-bond donors (Lipinski definition) is 1. The Hall–Kier alpha value is -3.45. The third-order valence-corrected chi connectivity index (χ3v) is 7.19. The van der Waals surface area contributed by atoms with Gasteiger partial charge in [0.15, 0.2) is 5.78 Å². The summed E-state index contributed by atoms with van der Waals surface area (Å²) in [5, 5.41) is 8.84. The third-order valence-electron chi connectivity index (χ3n) is 5.36. The van der Waals surface area contributed by atoms with Crippen molar-refractivity contribution in [2.45, 2.75) is 6.92 Å². The maximum atomic E-state index is 13.2. The summed E-state index contributed by atoms with van der Waals surface area (Å²) in [7, 11) is 0. The van der Waals surface area contributed by atoms with Gasteiger partial charge in [0.05, 0.1) is 32.0 Å². The van der Waals surface area contributed by atoms with Crippen LogP contribution in [-0.4, -0.2) is 21.5 Å². The number of hydrogen-bond acceptors (Lipinski definition) is 4. The lowest BCUT2D eigenvalue weighted by atomic mass is 10.0. The van der Waals surface area contributed by atoms with Gasteiger partial charge in [0, 0.05) is 16.5 Å². The van der Waals surface area contributed by atoms with E-state index in [1.165, 1.54) is 23.5 Å². The molecule has 2 aromatic heterocycles. The quantitative estimate of drug-likeness (QED) is 0.257. The Balaban J connectivity index is 1.51. The van der Waals surface area contributed by atoms with Gasteiger partial charge in [-0.3, -0.25) is 9.59 Å². The first-order valence-electron chi connectivity index (χ1n) is 10.4. The van der Waals surface area contributed by atoms with Crippen molar-refractivity contribution >= 4 is 62.1 Å². The average molecular weight is 506 g/mol. The van der Waals surface area contributed by atoms with Gasteiger partial charge in [0.25, 0.3) is 5.91 Å². The Bertz CT molecular complexity index is 1540. The zero-order valence-electron chi connectivity index (χ0n) is 17.9. The van der Waals surface area contributed by atoms with Crippen LogP contribution in [0.15, 0.2) is 78.9 Å². The number of carbonyl (C=O) groups excluding carboxylic acids is 2. The van der Waals surface area contributed by atoms with Gasteiger partial charge in [-0.2, -0.15) is 5.10 Å². The van der Waals surface area contributed by atoms with Crippen LogP contribution in [-0.2, 0) is 0 Å². The van der Waals surface area contributed by atoms with Gasteiger partial charge in [-0.1, -0.05) is 71.7 Å². The van der Waals surface area contributed by atoms with Crippen molar-refractivity contribution in [1.29, 1.82) is 0 Å². The van der Waals surface area contributed by atoms with Gasteiger partial charge in [0.2, 0.25) is 0 Å². The number of thiophene rings is 1. The highest BCUT2D eigenvalue weighted by Crippen LogP contribution is 2.33. The second kappa shape index (κ2) is 9.06. The Labute approximate surface area is 209 Å². The summed E-state index contributed by atoms with van der Waals surface area (Å²) in [5.74, 6) is -0.609. The Kier molecular flexibility index (Phi) is 5.96. The summed E-state index contributed by atoms with van der Waals surface area (Å²) in [6.45, 7) is 1.91. The van der Waals surface area contributed by atoms with Crippen molar-refractivity contribution in [3.8, 4) is 5.69 Å². The molecule has 0 bridgehead atoms. The number of halogens is 2. The fourth-order valence-electron chi connectivity index (χ4n) is 3.67. The van der Waals surface area contributed by atoms with E-state index in [9.17, 15) is 9.59 Å². The number of anilines is 1. The Morgan fingerprint density at radius 1 is 0.912 bits per heavy atom. The molecule has 0 aliphatic rings. The number of ketones is 1. The predicted octanol–water partition coefficient (Wildman–Crippen LogP) is 7.19. The van der Waals surface area contributed by atoms with Crippen LogP contribution >= 0.6 is 34.5 Å². The van der Waals surface area contributed by atoms with Crippen LogP contribution in [0, 0.1) is 6.92 Å². The molecule has 3 aromatic carbocycles. The monoisotopic (exact) mass is 505 g/mol. The minimum atomic E-state index is -0.347. The minimum absolute atomic E-state index is 0.236. The molecule has 0 aliphatic carbocycles. The summed E-state index contributed by atoms with van der Waals surface area (Å²) >= 11 is 13.7. The van der Waals surface area contributed by atoms with E-state index in [1.807, 2.05) is 54.1 Å². The number of aryl methyl sites for hydroxylation is 1. The Morgan fingerprint density at radius 3 is 2.26 bits per heavy atom. The summed E-state index contributed by atoms with van der Waals surface area (Å²) < 4.78 is 1.83. The van der Waals surface area contributed by atoms with E-state index in [1.54, 1.807) is 24.3 Å². The number of nitrogens with one attached hydrogen (secondary N) is 1. The standard InChI is InChI=1S/C26H17Cl2N3O2S/c1-15-18-13-23(34-26(18)31(30-15)17-10-6-3-7-11-17)25(33)29-22-14-21(28)20(27)12-19(22)24(32)16-8-4-2-5-9-16/h2-14H,1H3,(H,29,33). The molecule has 0 aliphatic heterocycles. The molecule has 0 radical (unpaired) electrons. The van der Waals surface area contributed by atoms with E-state index in [2.05, 4.69) is 10.4 Å². The third kappa shape index (κ3) is 4.12. The number of amides is 1. The maximum Gasteiger partial charge on any atom is 0.265 e. The number of nitrogens with zero attached hydrogens (tertiary/aromatic N) is 2. The van der Waals surface area contributed by atoms with E-state index in [4.69, 9.17) is 23.2 Å². The summed E-state index contributed by atoms with van der Waals surface area (Å²) in [4.78, 5) is 27.7. The van der Waals surface area contributed by atoms with Crippen LogP contribution < -0.4 is 5.32 Å². The van der Waals surface area contributed by atoms with Crippen molar-refractivity contribution in [3.05, 3.63) is 111 Å². The van der Waals surface area contributed by atoms with Gasteiger partial charge < -0.3 is 5.32 Å². The van der Waals surface area contributed by atoms with Crippen molar-refractivity contribution in [1.82, 2.24) is 9.78 Å². The molecule has 1 amide bonds. The number of aromatic nitrogens is 2. The lowest BCUT2D eigenvalue weighted by molar-refractivity contribution is 0.103. The van der Waals surface area contributed by atoms with Crippen LogP contribution in [0.3, 0.4) is 0 Å². The molecule has 0 fully saturated rings. The van der Waals surface area contributed by atoms with Gasteiger partial charge in [-0.25, -0.2) is 4.68 Å². The molecule has 8 heteroatoms. The second-order valence-electron chi connectivity index (χ2n) is 7.62. The van der Waals surface area contributed by atoms with Gasteiger partial charge in [-0.05, 0) is 37.3 Å². The molecule has 0 spiro atoms. The van der Waals surface area contributed by atoms with Gasteiger partial charge in [-0.15, -0.1) is 11.3 Å². The first-order valence-corrected chi connectivity index (χ1v) is 11.9. The molecule has 0 saturated heterocycles. The highest BCUT2D eigenvalue weighted by atomic mass is 35.5. The highest BCUT2D eigenvalue weighted by molar-refractivity contribution is 7.20. The lowest BCUT2D eigenvalue weighted by Crippen LogP contribution is -2.14. The Morgan fingerprint density at radius 2 is 1.56 bits per heavy atom. The molecule has 1 N–H and O–H groups in total. The van der Waals surface area contributed by atoms with Crippen molar-refractivity contribution < 1.29 is 9.59 Å². The van der Waals surface area contributed by atoms with E-state index in [0.29, 0.717) is 16.1 Å². The molecule has 34 heavy (non-hydrogen) atoms. The van der Waals surface area contributed by atoms with Crippen molar-refractivity contribution in [2.24, 2.45) is 0 Å². The van der Waals surface area contributed by atoms with E-state index in [0.717, 1.165) is 21.6 Å². The average Bonchev–Trinajstić information content (AvgIpc) is 3.42. The molecule has 0 saturated carbocycles. The van der Waals surface area contributed by atoms with Crippen molar-refractivity contribution in [3.63, 3.8) is 0 Å². The van der Waals surface area contributed by atoms with Crippen LogP contribution in [0.4, 0.5) is 5.69 Å². The molecule has 5 rings (SSSR count). The van der Waals surface area contributed by atoms with Crippen LogP contribution in [0.5, 0.6) is 0 Å². The highest BCUT2D eigenvalue weighted by Gasteiger charge is 2.21. The fraction of sp³-hybridized carbons (Fsp3) is 0.0385. The largest absolute Gasteiger partial charge is 0.321 e. The summed E-state index contributed by atoms with van der Waals surface area (Å²) in [6.07, 6.45) is 0. The molecule has 5 aromatic rings. The SMILES string of the molecule is Cc1nn(-c2ccccc2)c2sc(C(=O)Nc3cc(Cl)c(Cl)cc3C(=O)c3ccccc3)cc12. The minimum Gasteiger partial charge on any atom is -0.321 e. The molecule has 5 nitrogen and oxygen atoms in total. The summed E-state index contributed by atoms with van der Waals surface area (Å²) in [5.41, 5.74) is 2.78. The van der Waals surface area contributed by atoms with Gasteiger partial charge >= 0.3 is 0 Å². The first-order chi connectivity index (χ1) is 16.4. The normalized spacial score (nSPS) is 11.0. The molecule has 2 heterocycles. The van der Waals surface area contributed by atoms with E-state index < -0.39 is 0 Å². The number of para-hydroxylation sites is 1.